The SMILES string of the molecule is c1ccc(-c2ccc(N(c3ccc(-c4cccc(-c5cccc6c5c5ccccc5n6-c5ccccc5)c4)cc3)c3cc(-c4ccccc4)cc(-c4cc(-c5ccccc5)cc(-c5ccccc5)c4)c3)cc2)cc1. The van der Waals surface area contributed by atoms with Crippen LogP contribution in [0.5, 0.6) is 0 Å². The van der Waals surface area contributed by atoms with Gasteiger partial charge in [0.2, 0.25) is 0 Å². The summed E-state index contributed by atoms with van der Waals surface area (Å²) < 4.78 is 2.39. The van der Waals surface area contributed by atoms with Crippen LogP contribution in [0.1, 0.15) is 0 Å². The first-order chi connectivity index (χ1) is 36.7. The second kappa shape index (κ2) is 19.4. The predicted octanol–water partition coefficient (Wildman–Crippen LogP) is 19.9. The monoisotopic (exact) mass is 942 g/mol. The maximum atomic E-state index is 2.41. The molecule has 0 bridgehead atoms. The van der Waals surface area contributed by atoms with E-state index in [9.17, 15) is 0 Å². The van der Waals surface area contributed by atoms with Crippen LogP contribution in [0.2, 0.25) is 0 Å². The summed E-state index contributed by atoms with van der Waals surface area (Å²) in [5.41, 5.74) is 23.2. The molecule has 13 rings (SSSR count). The molecule has 0 aliphatic heterocycles. The van der Waals surface area contributed by atoms with Crippen molar-refractivity contribution in [1.29, 1.82) is 0 Å². The quantitative estimate of drug-likeness (QED) is 0.125. The minimum atomic E-state index is 1.06. The van der Waals surface area contributed by atoms with Gasteiger partial charge in [0.1, 0.15) is 0 Å². The van der Waals surface area contributed by atoms with Gasteiger partial charge >= 0.3 is 0 Å². The third-order valence-corrected chi connectivity index (χ3v) is 14.3. The first kappa shape index (κ1) is 44.2. The summed E-state index contributed by atoms with van der Waals surface area (Å²) >= 11 is 0. The molecule has 0 spiro atoms. The number of anilines is 3. The maximum absolute atomic E-state index is 2.41. The molecule has 1 aromatic heterocycles. The van der Waals surface area contributed by atoms with Gasteiger partial charge < -0.3 is 9.47 Å². The number of benzene rings is 12. The zero-order valence-corrected chi connectivity index (χ0v) is 40.8. The van der Waals surface area contributed by atoms with E-state index < -0.39 is 0 Å². The van der Waals surface area contributed by atoms with Gasteiger partial charge in [-0.2, -0.15) is 0 Å². The van der Waals surface area contributed by atoms with Crippen LogP contribution in [0.15, 0.2) is 303 Å². The van der Waals surface area contributed by atoms with Crippen LogP contribution in [0.25, 0.3) is 105 Å². The normalized spacial score (nSPS) is 11.2. The number of hydrogen-bond donors (Lipinski definition) is 0. The third-order valence-electron chi connectivity index (χ3n) is 14.3. The second-order valence-electron chi connectivity index (χ2n) is 18.9. The lowest BCUT2D eigenvalue weighted by Crippen LogP contribution is -2.10. The molecule has 2 heteroatoms. The predicted molar refractivity (Wildman–Crippen MR) is 314 cm³/mol. The fourth-order valence-electron chi connectivity index (χ4n) is 10.8. The Morgan fingerprint density at radius 2 is 0.568 bits per heavy atom. The average Bonchev–Trinajstić information content (AvgIpc) is 3.84. The van der Waals surface area contributed by atoms with Gasteiger partial charge in [-0.25, -0.2) is 0 Å². The summed E-state index contributed by atoms with van der Waals surface area (Å²) in [6, 6.07) is 110. The molecule has 0 aliphatic rings. The highest BCUT2D eigenvalue weighted by atomic mass is 15.1. The van der Waals surface area contributed by atoms with Crippen LogP contribution >= 0.6 is 0 Å². The molecule has 348 valence electrons. The van der Waals surface area contributed by atoms with E-state index in [1.165, 1.54) is 66.3 Å². The van der Waals surface area contributed by atoms with Crippen molar-refractivity contribution in [1.82, 2.24) is 4.57 Å². The van der Waals surface area contributed by atoms with E-state index in [0.29, 0.717) is 0 Å². The highest BCUT2D eigenvalue weighted by molar-refractivity contribution is 6.16. The van der Waals surface area contributed by atoms with Gasteiger partial charge in [0.15, 0.2) is 0 Å². The van der Waals surface area contributed by atoms with Crippen molar-refractivity contribution >= 4 is 38.9 Å². The molecular weight excluding hydrogens is 893 g/mol. The molecule has 0 aliphatic carbocycles. The summed E-state index contributed by atoms with van der Waals surface area (Å²) in [7, 11) is 0. The van der Waals surface area contributed by atoms with Crippen molar-refractivity contribution in [3.63, 3.8) is 0 Å². The van der Waals surface area contributed by atoms with Crippen LogP contribution in [0, 0.1) is 0 Å². The lowest BCUT2D eigenvalue weighted by atomic mass is 9.91. The molecule has 0 fully saturated rings. The minimum Gasteiger partial charge on any atom is -0.310 e. The number of fused-ring (bicyclic) bond motifs is 3. The van der Waals surface area contributed by atoms with Gasteiger partial charge in [-0.3, -0.25) is 0 Å². The molecular formula is C72H50N2. The van der Waals surface area contributed by atoms with Crippen LogP contribution in [0.4, 0.5) is 17.1 Å². The van der Waals surface area contributed by atoms with Gasteiger partial charge in [0, 0.05) is 33.5 Å². The first-order valence-corrected chi connectivity index (χ1v) is 25.4. The number of nitrogens with zero attached hydrogens (tertiary/aromatic N) is 2. The molecule has 1 heterocycles. The van der Waals surface area contributed by atoms with E-state index in [1.54, 1.807) is 0 Å². The molecule has 0 radical (unpaired) electrons. The molecule has 2 nitrogen and oxygen atoms in total. The van der Waals surface area contributed by atoms with E-state index >= 15 is 0 Å². The van der Waals surface area contributed by atoms with E-state index in [4.69, 9.17) is 0 Å². The van der Waals surface area contributed by atoms with Gasteiger partial charge in [0.25, 0.3) is 0 Å². The summed E-state index contributed by atoms with van der Waals surface area (Å²) in [6.07, 6.45) is 0. The Balaban J connectivity index is 0.945. The lowest BCUT2D eigenvalue weighted by Gasteiger charge is -2.27. The van der Waals surface area contributed by atoms with Crippen molar-refractivity contribution in [2.75, 3.05) is 4.90 Å². The topological polar surface area (TPSA) is 8.17 Å². The van der Waals surface area contributed by atoms with Crippen LogP contribution < -0.4 is 4.90 Å². The van der Waals surface area contributed by atoms with Crippen molar-refractivity contribution in [2.24, 2.45) is 0 Å². The van der Waals surface area contributed by atoms with Gasteiger partial charge in [-0.05, 0) is 169 Å². The molecule has 0 unspecified atom stereocenters. The zero-order valence-electron chi connectivity index (χ0n) is 40.8. The summed E-state index contributed by atoms with van der Waals surface area (Å²) in [4.78, 5) is 2.41. The minimum absolute atomic E-state index is 1.06. The molecule has 0 amide bonds. The smallest absolute Gasteiger partial charge is 0.0547 e. The Morgan fingerprint density at radius 1 is 0.216 bits per heavy atom. The van der Waals surface area contributed by atoms with Crippen LogP contribution in [-0.4, -0.2) is 4.57 Å². The molecule has 74 heavy (non-hydrogen) atoms. The molecule has 0 saturated carbocycles. The Morgan fingerprint density at radius 3 is 1.11 bits per heavy atom. The first-order valence-electron chi connectivity index (χ1n) is 25.4. The van der Waals surface area contributed by atoms with Crippen molar-refractivity contribution < 1.29 is 0 Å². The Bertz CT molecular complexity index is 4010. The molecule has 12 aromatic carbocycles. The van der Waals surface area contributed by atoms with E-state index in [-0.39, 0.29) is 0 Å². The molecule has 0 N–H and O–H groups in total. The number of rotatable bonds is 11. The summed E-state index contributed by atoms with van der Waals surface area (Å²) in [5, 5.41) is 2.50. The highest BCUT2D eigenvalue weighted by Crippen LogP contribution is 2.44. The number of hydrogen-bond acceptors (Lipinski definition) is 1. The Kier molecular flexibility index (Phi) is 11.6. The summed E-state index contributed by atoms with van der Waals surface area (Å²) in [5.74, 6) is 0. The Labute approximate surface area is 433 Å². The average molecular weight is 943 g/mol. The third kappa shape index (κ3) is 8.55. The van der Waals surface area contributed by atoms with Gasteiger partial charge in [-0.15, -0.1) is 0 Å². The number of aromatic nitrogens is 1. The maximum Gasteiger partial charge on any atom is 0.0547 e. The van der Waals surface area contributed by atoms with Gasteiger partial charge in [-0.1, -0.05) is 212 Å². The number of para-hydroxylation sites is 2. The second-order valence-corrected chi connectivity index (χ2v) is 18.9. The van der Waals surface area contributed by atoms with Crippen LogP contribution in [-0.2, 0) is 0 Å². The zero-order chi connectivity index (χ0) is 49.2. The van der Waals surface area contributed by atoms with Crippen molar-refractivity contribution in [3.8, 4) is 83.6 Å². The molecule has 0 atom stereocenters. The van der Waals surface area contributed by atoms with Gasteiger partial charge in [0.05, 0.1) is 11.0 Å². The van der Waals surface area contributed by atoms with Crippen molar-refractivity contribution in [3.05, 3.63) is 303 Å². The lowest BCUT2D eigenvalue weighted by molar-refractivity contribution is 1.18. The summed E-state index contributed by atoms with van der Waals surface area (Å²) in [6.45, 7) is 0. The fraction of sp³-hybridized carbons (Fsp3) is 0. The van der Waals surface area contributed by atoms with E-state index in [2.05, 4.69) is 313 Å². The van der Waals surface area contributed by atoms with Crippen LogP contribution in [0.3, 0.4) is 0 Å². The molecule has 0 saturated heterocycles. The largest absolute Gasteiger partial charge is 0.310 e. The highest BCUT2D eigenvalue weighted by Gasteiger charge is 2.19. The van der Waals surface area contributed by atoms with E-state index in [1.807, 2.05) is 0 Å². The fourth-order valence-corrected chi connectivity index (χ4v) is 10.8. The van der Waals surface area contributed by atoms with Crippen molar-refractivity contribution in [2.45, 2.75) is 0 Å². The Hall–Kier alpha value is -9.76. The molecule has 13 aromatic rings. The standard InChI is InChI=1S/C72H50N2/c1-6-20-51(21-7-1)55-36-40-65(41-37-55)73(67-49-62(54-26-12-4-13-27-54)48-63(50-67)61-46-59(52-22-8-2-9-23-52)45-60(47-61)53-24-10-3-11-25-53)66-42-38-56(39-43-66)57-28-18-29-58(44-57)68-33-19-35-71-72(68)69-32-16-17-34-70(69)74(71)64-30-14-5-15-31-64/h1-50H. The van der Waals surface area contributed by atoms with E-state index in [0.717, 1.165) is 56.1 Å².